The van der Waals surface area contributed by atoms with Crippen LogP contribution in [0.4, 0.5) is 0 Å². The van der Waals surface area contributed by atoms with E-state index in [-0.39, 0.29) is 50.6 Å². The van der Waals surface area contributed by atoms with Gasteiger partial charge in [0.2, 0.25) is 0 Å². The van der Waals surface area contributed by atoms with Gasteiger partial charge in [0.05, 0.1) is 0 Å². The van der Waals surface area contributed by atoms with Crippen molar-refractivity contribution in [2.45, 2.75) is 112 Å². The molecule has 2 N–H and O–H groups in total. The van der Waals surface area contributed by atoms with Gasteiger partial charge in [-0.1, -0.05) is 52.8 Å². The Morgan fingerprint density at radius 3 is 2.32 bits per heavy atom. The Kier molecular flexibility index (Phi) is 7.49. The van der Waals surface area contributed by atoms with Crippen LogP contribution in [-0.4, -0.2) is 28.6 Å². The predicted molar refractivity (Wildman–Crippen MR) is 174 cm³/mol. The molecule has 5 heteroatoms. The third kappa shape index (κ3) is 4.37. The van der Waals surface area contributed by atoms with Crippen molar-refractivity contribution >= 4 is 18.3 Å². The molecular formula is C39H54O5. The number of aromatic hydroxyl groups is 2. The van der Waals surface area contributed by atoms with Gasteiger partial charge >= 0.3 is 5.97 Å². The van der Waals surface area contributed by atoms with Crippen LogP contribution in [0.3, 0.4) is 0 Å². The molecule has 5 aliphatic rings. The molecule has 0 unspecified atom stereocenters. The number of aldehydes is 1. The van der Waals surface area contributed by atoms with Crippen LogP contribution in [0.25, 0.3) is 6.08 Å². The highest BCUT2D eigenvalue weighted by Gasteiger charge is 2.71. The standard InChI is InChI=1S/C39H54O5/c1-24(2)26-14-19-39(23-40)21-20-37(6)27(34(26)39)10-12-31-36(5)17-16-32(35(3,4)30(36)15-18-38(31,37)7)44-33(43)13-9-25-8-11-28(41)29(42)22-25/h8-9,11,13,22-23,26-27,30-32,34,41-42H,1,10,12,14-21H2,2-7H3/b13-9+/t26-,27+,30-,31+,32-,34-,36+,37+,38+,39+/m0/s1. The molecular weight excluding hydrogens is 548 g/mol. The molecule has 0 aromatic heterocycles. The second-order valence-electron chi connectivity index (χ2n) is 16.9. The summed E-state index contributed by atoms with van der Waals surface area (Å²) in [5, 5.41) is 19.4. The van der Waals surface area contributed by atoms with Gasteiger partial charge in [-0.05, 0) is 141 Å². The fraction of sp³-hybridized carbons (Fsp3) is 0.692. The highest BCUT2D eigenvalue weighted by Crippen LogP contribution is 2.77. The number of fused-ring (bicyclic) bond motifs is 7. The summed E-state index contributed by atoms with van der Waals surface area (Å²) in [6.07, 6.45) is 15.3. The Labute approximate surface area is 264 Å². The molecule has 0 spiro atoms. The van der Waals surface area contributed by atoms with Gasteiger partial charge in [0.25, 0.3) is 0 Å². The molecule has 5 nitrogen and oxygen atoms in total. The number of benzene rings is 1. The first kappa shape index (κ1) is 31.4. The fourth-order valence-corrected chi connectivity index (χ4v) is 12.6. The van der Waals surface area contributed by atoms with Crippen molar-refractivity contribution in [3.63, 3.8) is 0 Å². The maximum Gasteiger partial charge on any atom is 0.331 e. The normalized spacial score (nSPS) is 44.1. The number of allylic oxidation sites excluding steroid dienone is 1. The summed E-state index contributed by atoms with van der Waals surface area (Å²) in [6, 6.07) is 4.49. The first-order chi connectivity index (χ1) is 20.6. The van der Waals surface area contributed by atoms with Crippen molar-refractivity contribution in [2.24, 2.45) is 56.7 Å². The number of carbonyl (C=O) groups excluding carboxylic acids is 2. The average molecular weight is 603 g/mol. The van der Waals surface area contributed by atoms with E-state index in [1.54, 1.807) is 12.1 Å². The van der Waals surface area contributed by atoms with E-state index in [9.17, 15) is 19.8 Å². The SMILES string of the molecule is C=C(C)[C@@H]1CC[C@]2(C=O)CC[C@]3(C)[C@H](CC[C@@H]4[C@]5(C)CC[C@H](OC(=O)/C=C/c6ccc(O)c(O)c6)C(C)(C)[C@@H]5CC[C@]43C)[C@H]12. The number of esters is 1. The van der Waals surface area contributed by atoms with Crippen molar-refractivity contribution in [1.29, 1.82) is 0 Å². The molecule has 0 bridgehead atoms. The van der Waals surface area contributed by atoms with E-state index in [1.807, 2.05) is 0 Å². The lowest BCUT2D eigenvalue weighted by atomic mass is 9.32. The number of ether oxygens (including phenoxy) is 1. The Hall–Kier alpha value is -2.56. The fourth-order valence-electron chi connectivity index (χ4n) is 12.6. The Bertz CT molecular complexity index is 1380. The van der Waals surface area contributed by atoms with E-state index in [2.05, 4.69) is 48.1 Å². The minimum Gasteiger partial charge on any atom is -0.504 e. The van der Waals surface area contributed by atoms with Crippen LogP contribution in [0.15, 0.2) is 36.4 Å². The molecule has 0 heterocycles. The quantitative estimate of drug-likeness (QED) is 0.116. The number of carbonyl (C=O) groups is 2. The van der Waals surface area contributed by atoms with E-state index in [0.29, 0.717) is 35.2 Å². The van der Waals surface area contributed by atoms with Gasteiger partial charge in [0.1, 0.15) is 12.4 Å². The zero-order valence-electron chi connectivity index (χ0n) is 27.8. The van der Waals surface area contributed by atoms with Gasteiger partial charge in [-0.15, -0.1) is 0 Å². The highest BCUT2D eigenvalue weighted by atomic mass is 16.5. The highest BCUT2D eigenvalue weighted by molar-refractivity contribution is 5.87. The molecule has 0 aliphatic heterocycles. The lowest BCUT2D eigenvalue weighted by molar-refractivity contribution is -0.247. The minimum atomic E-state index is -0.364. The number of hydrogen-bond donors (Lipinski definition) is 2. The van der Waals surface area contributed by atoms with E-state index < -0.39 is 0 Å². The van der Waals surface area contributed by atoms with Crippen molar-refractivity contribution in [2.75, 3.05) is 0 Å². The van der Waals surface area contributed by atoms with Gasteiger partial charge in [0, 0.05) is 16.9 Å². The molecule has 5 saturated carbocycles. The lowest BCUT2D eigenvalue weighted by Crippen LogP contribution is -2.66. The summed E-state index contributed by atoms with van der Waals surface area (Å²) in [7, 11) is 0. The van der Waals surface area contributed by atoms with Crippen LogP contribution in [0, 0.1) is 56.7 Å². The summed E-state index contributed by atoms with van der Waals surface area (Å²) in [4.78, 5) is 25.7. The van der Waals surface area contributed by atoms with E-state index in [1.165, 1.54) is 49.3 Å². The van der Waals surface area contributed by atoms with Crippen LogP contribution < -0.4 is 0 Å². The second-order valence-corrected chi connectivity index (χ2v) is 16.9. The lowest BCUT2D eigenvalue weighted by Gasteiger charge is -2.72. The Balaban J connectivity index is 1.23. The predicted octanol–water partition coefficient (Wildman–Crippen LogP) is 8.88. The summed E-state index contributed by atoms with van der Waals surface area (Å²) >= 11 is 0. The van der Waals surface area contributed by atoms with Crippen LogP contribution in [0.5, 0.6) is 11.5 Å². The molecule has 44 heavy (non-hydrogen) atoms. The Morgan fingerprint density at radius 2 is 1.64 bits per heavy atom. The van der Waals surface area contributed by atoms with Crippen LogP contribution in [-0.2, 0) is 14.3 Å². The molecule has 1 aromatic rings. The number of rotatable bonds is 5. The van der Waals surface area contributed by atoms with Crippen molar-refractivity contribution in [3.05, 3.63) is 42.0 Å². The van der Waals surface area contributed by atoms with Crippen LogP contribution >= 0.6 is 0 Å². The average Bonchev–Trinajstić information content (AvgIpc) is 3.36. The largest absolute Gasteiger partial charge is 0.504 e. The topological polar surface area (TPSA) is 83.8 Å². The molecule has 6 rings (SSSR count). The molecule has 1 aromatic carbocycles. The molecule has 0 saturated heterocycles. The van der Waals surface area contributed by atoms with Crippen LogP contribution in [0.1, 0.15) is 111 Å². The third-order valence-corrected chi connectivity index (χ3v) is 15.0. The second kappa shape index (κ2) is 10.5. The smallest absolute Gasteiger partial charge is 0.331 e. The van der Waals surface area contributed by atoms with Gasteiger partial charge in [-0.3, -0.25) is 0 Å². The number of phenols is 2. The minimum absolute atomic E-state index is 0.151. The number of hydrogen-bond acceptors (Lipinski definition) is 5. The maximum absolute atomic E-state index is 13.0. The number of phenolic OH excluding ortho intramolecular Hbond substituents is 2. The van der Waals surface area contributed by atoms with Crippen molar-refractivity contribution in [1.82, 2.24) is 0 Å². The summed E-state index contributed by atoms with van der Waals surface area (Å²) in [6.45, 7) is 19.0. The molecule has 10 atom stereocenters. The van der Waals surface area contributed by atoms with Crippen molar-refractivity contribution < 1.29 is 24.5 Å². The monoisotopic (exact) mass is 602 g/mol. The Morgan fingerprint density at radius 1 is 0.886 bits per heavy atom. The first-order valence-corrected chi connectivity index (χ1v) is 17.2. The summed E-state index contributed by atoms with van der Waals surface area (Å²) in [5.41, 5.74) is 2.20. The van der Waals surface area contributed by atoms with Gasteiger partial charge < -0.3 is 19.7 Å². The summed E-state index contributed by atoms with van der Waals surface area (Å²) in [5.74, 6) is 1.79. The zero-order chi connectivity index (χ0) is 31.9. The summed E-state index contributed by atoms with van der Waals surface area (Å²) < 4.78 is 6.17. The molecule has 0 amide bonds. The third-order valence-electron chi connectivity index (χ3n) is 15.0. The van der Waals surface area contributed by atoms with Crippen LogP contribution in [0.2, 0.25) is 0 Å². The zero-order valence-corrected chi connectivity index (χ0v) is 27.8. The molecule has 0 radical (unpaired) electrons. The van der Waals surface area contributed by atoms with Gasteiger partial charge in [-0.2, -0.15) is 0 Å². The molecule has 5 fully saturated rings. The van der Waals surface area contributed by atoms with Gasteiger partial charge in [0.15, 0.2) is 11.5 Å². The molecule has 5 aliphatic carbocycles. The van der Waals surface area contributed by atoms with Crippen molar-refractivity contribution in [3.8, 4) is 11.5 Å². The van der Waals surface area contributed by atoms with Gasteiger partial charge in [-0.25, -0.2) is 4.79 Å². The first-order valence-electron chi connectivity index (χ1n) is 17.2. The van der Waals surface area contributed by atoms with E-state index in [0.717, 1.165) is 44.9 Å². The maximum atomic E-state index is 13.0. The van der Waals surface area contributed by atoms with E-state index in [4.69, 9.17) is 4.74 Å². The molecule has 240 valence electrons. The van der Waals surface area contributed by atoms with E-state index >= 15 is 0 Å².